The zero-order valence-corrected chi connectivity index (χ0v) is 12.5. The summed E-state index contributed by atoms with van der Waals surface area (Å²) in [5, 5.41) is 10.0. The predicted molar refractivity (Wildman–Crippen MR) is 83.5 cm³/mol. The zero-order chi connectivity index (χ0) is 15.2. The number of benzene rings is 1. The van der Waals surface area contributed by atoms with E-state index in [1.165, 1.54) is 0 Å². The minimum atomic E-state index is -0.277. The van der Waals surface area contributed by atoms with Gasteiger partial charge in [-0.25, -0.2) is 9.48 Å². The van der Waals surface area contributed by atoms with E-state index in [9.17, 15) is 4.79 Å². The Morgan fingerprint density at radius 2 is 2.14 bits per heavy atom. The van der Waals surface area contributed by atoms with Crippen molar-refractivity contribution in [1.82, 2.24) is 20.4 Å². The lowest BCUT2D eigenvalue weighted by atomic mass is 10.1. The molecule has 0 spiro atoms. The third-order valence-electron chi connectivity index (χ3n) is 2.95. The van der Waals surface area contributed by atoms with Crippen molar-refractivity contribution in [2.45, 2.75) is 13.0 Å². The van der Waals surface area contributed by atoms with Crippen LogP contribution in [0.1, 0.15) is 18.5 Å². The number of hydrogen-bond acceptors (Lipinski definition) is 2. The summed E-state index contributed by atoms with van der Waals surface area (Å²) in [6, 6.07) is 9.32. The summed E-state index contributed by atoms with van der Waals surface area (Å²) < 4.78 is 1.78. The Bertz CT molecular complexity index is 607. The Balaban J connectivity index is 1.95. The van der Waals surface area contributed by atoms with Gasteiger partial charge in [0.2, 0.25) is 0 Å². The second-order valence-electron chi connectivity index (χ2n) is 4.61. The largest absolute Gasteiger partial charge is 0.333 e. The molecule has 0 radical (unpaired) electrons. The molecule has 2 amide bonds. The summed E-state index contributed by atoms with van der Waals surface area (Å²) in [5.41, 5.74) is 1.98. The topological polar surface area (TPSA) is 59.0 Å². The van der Waals surface area contributed by atoms with E-state index in [0.717, 1.165) is 11.3 Å². The van der Waals surface area contributed by atoms with Crippen molar-refractivity contribution in [3.8, 4) is 5.69 Å². The molecule has 0 fully saturated rings. The molecule has 0 bridgehead atoms. The van der Waals surface area contributed by atoms with Crippen molar-refractivity contribution >= 4 is 17.6 Å². The number of urea groups is 1. The van der Waals surface area contributed by atoms with Crippen LogP contribution in [0.25, 0.3) is 5.69 Å². The van der Waals surface area contributed by atoms with Crippen LogP contribution in [0, 0.1) is 0 Å². The lowest BCUT2D eigenvalue weighted by molar-refractivity contribution is 0.239. The molecule has 1 aromatic heterocycles. The van der Waals surface area contributed by atoms with Crippen molar-refractivity contribution in [2.24, 2.45) is 0 Å². The molecule has 1 unspecified atom stereocenters. The van der Waals surface area contributed by atoms with Crippen LogP contribution in [0.15, 0.2) is 54.3 Å². The molecule has 1 heterocycles. The second kappa shape index (κ2) is 6.95. The van der Waals surface area contributed by atoms with Gasteiger partial charge in [0.25, 0.3) is 0 Å². The maximum atomic E-state index is 11.6. The van der Waals surface area contributed by atoms with E-state index in [-0.39, 0.29) is 18.6 Å². The van der Waals surface area contributed by atoms with Crippen LogP contribution >= 0.6 is 11.6 Å². The van der Waals surface area contributed by atoms with E-state index in [1.807, 2.05) is 43.5 Å². The molecule has 6 heteroatoms. The summed E-state index contributed by atoms with van der Waals surface area (Å²) in [6.45, 7) is 5.68. The maximum Gasteiger partial charge on any atom is 0.315 e. The number of aromatic nitrogens is 2. The quantitative estimate of drug-likeness (QED) is 0.892. The number of rotatable bonds is 5. The van der Waals surface area contributed by atoms with E-state index < -0.39 is 0 Å². The van der Waals surface area contributed by atoms with Gasteiger partial charge in [-0.2, -0.15) is 5.10 Å². The van der Waals surface area contributed by atoms with Crippen molar-refractivity contribution in [2.75, 3.05) is 6.54 Å². The summed E-state index contributed by atoms with van der Waals surface area (Å²) in [5.74, 6) is 0. The Hall–Kier alpha value is -2.27. The molecule has 110 valence electrons. The monoisotopic (exact) mass is 304 g/mol. The molecule has 0 aliphatic carbocycles. The standard InChI is InChI=1S/C15H17ClN4O/c1-11(16)10-17-15(21)19-12(2)13-4-6-14(7-5-13)20-9-3-8-18-20/h3-9,12H,1,10H2,2H3,(H2,17,19,21). The first-order valence-corrected chi connectivity index (χ1v) is 6.91. The highest BCUT2D eigenvalue weighted by Crippen LogP contribution is 2.15. The average Bonchev–Trinajstić information content (AvgIpc) is 2.99. The van der Waals surface area contributed by atoms with Gasteiger partial charge in [0, 0.05) is 17.4 Å². The van der Waals surface area contributed by atoms with Gasteiger partial charge in [0.1, 0.15) is 0 Å². The summed E-state index contributed by atoms with van der Waals surface area (Å²) in [4.78, 5) is 11.6. The van der Waals surface area contributed by atoms with Crippen LogP contribution in [-0.4, -0.2) is 22.4 Å². The molecule has 0 aliphatic heterocycles. The normalized spacial score (nSPS) is 11.7. The molecule has 2 rings (SSSR count). The van der Waals surface area contributed by atoms with Crippen LogP contribution in [0.4, 0.5) is 4.79 Å². The number of halogens is 1. The molecule has 5 nitrogen and oxygen atoms in total. The average molecular weight is 305 g/mol. The predicted octanol–water partition coefficient (Wildman–Crippen LogP) is 2.99. The third-order valence-corrected chi connectivity index (χ3v) is 3.08. The van der Waals surface area contributed by atoms with Crippen molar-refractivity contribution in [1.29, 1.82) is 0 Å². The number of carbonyl (C=O) groups excluding carboxylic acids is 1. The molecule has 0 saturated heterocycles. The first-order valence-electron chi connectivity index (χ1n) is 6.54. The first kappa shape index (κ1) is 15.1. The summed E-state index contributed by atoms with van der Waals surface area (Å²) in [6.07, 6.45) is 3.61. The van der Waals surface area contributed by atoms with E-state index in [4.69, 9.17) is 11.6 Å². The lowest BCUT2D eigenvalue weighted by Crippen LogP contribution is -2.37. The molecule has 2 aromatic rings. The highest BCUT2D eigenvalue weighted by Gasteiger charge is 2.09. The van der Waals surface area contributed by atoms with Gasteiger partial charge in [-0.1, -0.05) is 30.3 Å². The SMILES string of the molecule is C=C(Cl)CNC(=O)NC(C)c1ccc(-n2cccn2)cc1. The summed E-state index contributed by atoms with van der Waals surface area (Å²) >= 11 is 5.60. The zero-order valence-electron chi connectivity index (χ0n) is 11.7. The van der Waals surface area contributed by atoms with Crippen LogP contribution < -0.4 is 10.6 Å². The first-order chi connectivity index (χ1) is 10.1. The Morgan fingerprint density at radius 1 is 1.43 bits per heavy atom. The highest BCUT2D eigenvalue weighted by molar-refractivity contribution is 6.29. The molecular formula is C15H17ClN4O. The van der Waals surface area contributed by atoms with E-state index in [0.29, 0.717) is 5.03 Å². The van der Waals surface area contributed by atoms with Crippen LogP contribution in [-0.2, 0) is 0 Å². The van der Waals surface area contributed by atoms with E-state index >= 15 is 0 Å². The molecular weight excluding hydrogens is 288 g/mol. The fourth-order valence-corrected chi connectivity index (χ4v) is 1.91. The highest BCUT2D eigenvalue weighted by atomic mass is 35.5. The van der Waals surface area contributed by atoms with E-state index in [1.54, 1.807) is 10.9 Å². The van der Waals surface area contributed by atoms with Crippen molar-refractivity contribution in [3.05, 3.63) is 59.9 Å². The van der Waals surface area contributed by atoms with E-state index in [2.05, 4.69) is 22.3 Å². The van der Waals surface area contributed by atoms with Gasteiger partial charge in [-0.3, -0.25) is 0 Å². The van der Waals surface area contributed by atoms with Gasteiger partial charge >= 0.3 is 6.03 Å². The molecule has 2 N–H and O–H groups in total. The van der Waals surface area contributed by atoms with Gasteiger partial charge in [-0.15, -0.1) is 0 Å². The smallest absolute Gasteiger partial charge is 0.315 e. The van der Waals surface area contributed by atoms with Gasteiger partial charge in [0.05, 0.1) is 18.3 Å². The molecule has 0 saturated carbocycles. The summed E-state index contributed by atoms with van der Waals surface area (Å²) in [7, 11) is 0. The number of amides is 2. The van der Waals surface area contributed by atoms with Gasteiger partial charge < -0.3 is 10.6 Å². The van der Waals surface area contributed by atoms with Crippen LogP contribution in [0.3, 0.4) is 0 Å². The molecule has 1 aromatic carbocycles. The number of nitrogens with zero attached hydrogens (tertiary/aromatic N) is 2. The lowest BCUT2D eigenvalue weighted by Gasteiger charge is -2.15. The van der Waals surface area contributed by atoms with Crippen molar-refractivity contribution < 1.29 is 4.79 Å². The van der Waals surface area contributed by atoms with Crippen LogP contribution in [0.5, 0.6) is 0 Å². The molecule has 21 heavy (non-hydrogen) atoms. The Kier molecular flexibility index (Phi) is 5.00. The molecule has 1 atom stereocenters. The minimum Gasteiger partial charge on any atom is -0.333 e. The van der Waals surface area contributed by atoms with Gasteiger partial charge in [0.15, 0.2) is 0 Å². The third kappa shape index (κ3) is 4.36. The number of carbonyl (C=O) groups is 1. The fourth-order valence-electron chi connectivity index (χ4n) is 1.84. The van der Waals surface area contributed by atoms with Crippen molar-refractivity contribution in [3.63, 3.8) is 0 Å². The number of hydrogen-bond donors (Lipinski definition) is 2. The molecule has 0 aliphatic rings. The Morgan fingerprint density at radius 3 is 2.71 bits per heavy atom. The minimum absolute atomic E-state index is 0.111. The van der Waals surface area contributed by atoms with Crippen LogP contribution in [0.2, 0.25) is 0 Å². The van der Waals surface area contributed by atoms with Gasteiger partial charge in [-0.05, 0) is 30.7 Å². The fraction of sp³-hybridized carbons (Fsp3) is 0.200. The number of nitrogens with one attached hydrogen (secondary N) is 2. The Labute approximate surface area is 128 Å². The maximum absolute atomic E-state index is 11.6. The second-order valence-corrected chi connectivity index (χ2v) is 5.14.